The van der Waals surface area contributed by atoms with Crippen molar-refractivity contribution in [1.82, 2.24) is 5.32 Å². The second kappa shape index (κ2) is 6.53. The summed E-state index contributed by atoms with van der Waals surface area (Å²) >= 11 is 0. The van der Waals surface area contributed by atoms with E-state index in [0.717, 1.165) is 26.1 Å². The van der Waals surface area contributed by atoms with E-state index in [9.17, 15) is 0 Å². The minimum absolute atomic E-state index is 0.445. The van der Waals surface area contributed by atoms with Crippen molar-refractivity contribution >= 4 is 0 Å². The molecule has 1 saturated carbocycles. The second-order valence-electron chi connectivity index (χ2n) is 6.18. The van der Waals surface area contributed by atoms with E-state index in [-0.39, 0.29) is 0 Å². The summed E-state index contributed by atoms with van der Waals surface area (Å²) in [5.41, 5.74) is 9.11. The number of rotatable bonds is 8. The van der Waals surface area contributed by atoms with Gasteiger partial charge in [0.15, 0.2) is 0 Å². The molecule has 2 heteroatoms. The van der Waals surface area contributed by atoms with Crippen LogP contribution in [-0.4, -0.2) is 19.6 Å². The average molecular weight is 260 g/mol. The molecule has 3 N–H and O–H groups in total. The molecule has 0 radical (unpaired) electrons. The van der Waals surface area contributed by atoms with Crippen LogP contribution in [0.2, 0.25) is 0 Å². The fraction of sp³-hybridized carbons (Fsp3) is 0.647. The predicted molar refractivity (Wildman–Crippen MR) is 82.4 cm³/mol. The molecule has 0 spiro atoms. The van der Waals surface area contributed by atoms with Crippen LogP contribution in [0.15, 0.2) is 24.3 Å². The highest BCUT2D eigenvalue weighted by molar-refractivity contribution is 5.25. The second-order valence-corrected chi connectivity index (χ2v) is 6.18. The van der Waals surface area contributed by atoms with Crippen LogP contribution < -0.4 is 11.1 Å². The summed E-state index contributed by atoms with van der Waals surface area (Å²) in [6.07, 6.45) is 4.93. The molecule has 0 bridgehead atoms. The van der Waals surface area contributed by atoms with E-state index < -0.39 is 0 Å². The van der Waals surface area contributed by atoms with Crippen molar-refractivity contribution in [2.45, 2.75) is 45.4 Å². The Balaban J connectivity index is 1.71. The van der Waals surface area contributed by atoms with Crippen LogP contribution in [0.1, 0.15) is 50.2 Å². The van der Waals surface area contributed by atoms with Gasteiger partial charge in [0.1, 0.15) is 0 Å². The lowest BCUT2D eigenvalue weighted by Crippen LogP contribution is -2.30. The maximum atomic E-state index is 5.78. The van der Waals surface area contributed by atoms with E-state index in [1.54, 1.807) is 0 Å². The summed E-state index contributed by atoms with van der Waals surface area (Å²) in [5.74, 6) is 0.673. The molecule has 0 saturated heterocycles. The van der Waals surface area contributed by atoms with Crippen LogP contribution in [0.3, 0.4) is 0 Å². The molecule has 1 fully saturated rings. The molecule has 0 heterocycles. The third-order valence-corrected chi connectivity index (χ3v) is 4.64. The molecule has 1 aliphatic carbocycles. The quantitative estimate of drug-likeness (QED) is 0.705. The lowest BCUT2D eigenvalue weighted by atomic mass is 9.97. The molecular formula is C17H28N2. The molecule has 0 amide bonds. The van der Waals surface area contributed by atoms with E-state index in [1.807, 2.05) is 0 Å². The van der Waals surface area contributed by atoms with Gasteiger partial charge in [-0.3, -0.25) is 0 Å². The highest BCUT2D eigenvalue weighted by Gasteiger charge is 2.40. The molecule has 1 unspecified atom stereocenters. The van der Waals surface area contributed by atoms with Crippen molar-refractivity contribution in [3.63, 3.8) is 0 Å². The van der Waals surface area contributed by atoms with Gasteiger partial charge in [-0.25, -0.2) is 0 Å². The Kier molecular flexibility index (Phi) is 5.00. The smallest absolute Gasteiger partial charge is 0.00200 e. The fourth-order valence-corrected chi connectivity index (χ4v) is 2.46. The summed E-state index contributed by atoms with van der Waals surface area (Å²) in [7, 11) is 0. The van der Waals surface area contributed by atoms with Crippen molar-refractivity contribution in [2.24, 2.45) is 11.1 Å². The standard InChI is InChI=1S/C17H28N2/c1-3-14(2)16-6-4-15(5-7-16)8-11-19-13-17(12-18)9-10-17/h4-7,14,19H,3,8-13,18H2,1-2H3. The van der Waals surface area contributed by atoms with Crippen molar-refractivity contribution < 1.29 is 0 Å². The number of nitrogens with one attached hydrogen (secondary N) is 1. The van der Waals surface area contributed by atoms with Crippen LogP contribution >= 0.6 is 0 Å². The van der Waals surface area contributed by atoms with Gasteiger partial charge < -0.3 is 11.1 Å². The Morgan fingerprint density at radius 3 is 2.47 bits per heavy atom. The van der Waals surface area contributed by atoms with E-state index >= 15 is 0 Å². The van der Waals surface area contributed by atoms with Gasteiger partial charge in [-0.2, -0.15) is 0 Å². The summed E-state index contributed by atoms with van der Waals surface area (Å²) < 4.78 is 0. The summed E-state index contributed by atoms with van der Waals surface area (Å²) in [4.78, 5) is 0. The average Bonchev–Trinajstić information content (AvgIpc) is 3.24. The third-order valence-electron chi connectivity index (χ3n) is 4.64. The van der Waals surface area contributed by atoms with Gasteiger partial charge in [-0.05, 0) is 61.2 Å². The molecule has 0 aromatic heterocycles. The monoisotopic (exact) mass is 260 g/mol. The maximum Gasteiger partial charge on any atom is 0.00200 e. The first-order valence-electron chi connectivity index (χ1n) is 7.69. The number of nitrogens with two attached hydrogens (primary N) is 1. The van der Waals surface area contributed by atoms with Gasteiger partial charge >= 0.3 is 0 Å². The first-order valence-corrected chi connectivity index (χ1v) is 7.69. The van der Waals surface area contributed by atoms with Crippen molar-refractivity contribution in [2.75, 3.05) is 19.6 Å². The normalized spacial score (nSPS) is 18.3. The van der Waals surface area contributed by atoms with Gasteiger partial charge in [0, 0.05) is 6.54 Å². The SMILES string of the molecule is CCC(C)c1ccc(CCNCC2(CN)CC2)cc1. The highest BCUT2D eigenvalue weighted by atomic mass is 14.9. The Labute approximate surface area is 117 Å². The van der Waals surface area contributed by atoms with Crippen molar-refractivity contribution in [3.8, 4) is 0 Å². The van der Waals surface area contributed by atoms with Gasteiger partial charge in [-0.1, -0.05) is 38.1 Å². The zero-order chi connectivity index (χ0) is 13.7. The minimum Gasteiger partial charge on any atom is -0.330 e. The first kappa shape index (κ1) is 14.5. The zero-order valence-corrected chi connectivity index (χ0v) is 12.4. The van der Waals surface area contributed by atoms with Gasteiger partial charge in [0.05, 0.1) is 0 Å². The first-order chi connectivity index (χ1) is 9.19. The van der Waals surface area contributed by atoms with E-state index in [4.69, 9.17) is 5.73 Å². The Hall–Kier alpha value is -0.860. The van der Waals surface area contributed by atoms with Crippen LogP contribution in [0.4, 0.5) is 0 Å². The van der Waals surface area contributed by atoms with Gasteiger partial charge in [0.2, 0.25) is 0 Å². The molecular weight excluding hydrogens is 232 g/mol. The van der Waals surface area contributed by atoms with E-state index in [2.05, 4.69) is 43.4 Å². The molecule has 19 heavy (non-hydrogen) atoms. The maximum absolute atomic E-state index is 5.78. The molecule has 1 aliphatic rings. The molecule has 2 nitrogen and oxygen atoms in total. The Morgan fingerprint density at radius 1 is 1.26 bits per heavy atom. The Bertz CT molecular complexity index is 379. The van der Waals surface area contributed by atoms with Gasteiger partial charge in [-0.15, -0.1) is 0 Å². The molecule has 2 rings (SSSR count). The highest BCUT2D eigenvalue weighted by Crippen LogP contribution is 2.43. The van der Waals surface area contributed by atoms with Crippen LogP contribution in [0.5, 0.6) is 0 Å². The lowest BCUT2D eigenvalue weighted by molar-refractivity contribution is 0.470. The van der Waals surface area contributed by atoms with E-state index in [0.29, 0.717) is 11.3 Å². The van der Waals surface area contributed by atoms with Crippen LogP contribution in [-0.2, 0) is 6.42 Å². The van der Waals surface area contributed by atoms with Gasteiger partial charge in [0.25, 0.3) is 0 Å². The summed E-state index contributed by atoms with van der Waals surface area (Å²) in [6.45, 7) is 7.52. The Morgan fingerprint density at radius 2 is 1.95 bits per heavy atom. The fourth-order valence-electron chi connectivity index (χ4n) is 2.46. The topological polar surface area (TPSA) is 38.0 Å². The number of hydrogen-bond donors (Lipinski definition) is 2. The van der Waals surface area contributed by atoms with Crippen LogP contribution in [0, 0.1) is 5.41 Å². The van der Waals surface area contributed by atoms with E-state index in [1.165, 1.54) is 30.4 Å². The number of benzene rings is 1. The zero-order valence-electron chi connectivity index (χ0n) is 12.4. The minimum atomic E-state index is 0.445. The molecule has 1 atom stereocenters. The largest absolute Gasteiger partial charge is 0.330 e. The molecule has 0 aliphatic heterocycles. The summed E-state index contributed by atoms with van der Waals surface area (Å²) in [5, 5.41) is 3.56. The molecule has 1 aromatic rings. The van der Waals surface area contributed by atoms with Crippen LogP contribution in [0.25, 0.3) is 0 Å². The lowest BCUT2D eigenvalue weighted by Gasteiger charge is -2.13. The molecule has 106 valence electrons. The van der Waals surface area contributed by atoms with Crippen molar-refractivity contribution in [3.05, 3.63) is 35.4 Å². The molecule has 1 aromatic carbocycles. The van der Waals surface area contributed by atoms with Crippen molar-refractivity contribution in [1.29, 1.82) is 0 Å². The summed E-state index contributed by atoms with van der Waals surface area (Å²) in [6, 6.07) is 9.12. The predicted octanol–water partition coefficient (Wildman–Crippen LogP) is 3.07. The third kappa shape index (κ3) is 4.05. The number of hydrogen-bond acceptors (Lipinski definition) is 2.